The van der Waals surface area contributed by atoms with Crippen molar-refractivity contribution in [2.45, 2.75) is 4.90 Å². The van der Waals surface area contributed by atoms with Crippen molar-refractivity contribution in [1.82, 2.24) is 4.98 Å². The van der Waals surface area contributed by atoms with Gasteiger partial charge in [0.2, 0.25) is 0 Å². The molecule has 3 aromatic heterocycles. The molecule has 6 bridgehead atoms. The van der Waals surface area contributed by atoms with Crippen LogP contribution in [0.15, 0.2) is 41.3 Å². The van der Waals surface area contributed by atoms with E-state index in [9.17, 15) is 9.59 Å². The maximum atomic E-state index is 12.4. The fourth-order valence-electron chi connectivity index (χ4n) is 3.12. The first kappa shape index (κ1) is 25.8. The van der Waals surface area contributed by atoms with E-state index in [1.54, 1.807) is 23.9 Å². The maximum Gasteiger partial charge on any atom is 0.348 e. The number of ether oxygens (including phenoxy) is 5. The van der Waals surface area contributed by atoms with Gasteiger partial charge in [-0.1, -0.05) is 0 Å². The summed E-state index contributed by atoms with van der Waals surface area (Å²) in [5.41, 5.74) is 1.51. The normalized spacial score (nSPS) is 16.7. The number of esters is 2. The van der Waals surface area contributed by atoms with Gasteiger partial charge in [-0.3, -0.25) is 0 Å². The number of pyridine rings is 1. The van der Waals surface area contributed by atoms with Gasteiger partial charge in [0, 0.05) is 4.90 Å². The molecule has 4 heterocycles. The first-order valence-corrected chi connectivity index (χ1v) is 13.8. The SMILES string of the molecule is CSc1cc2nc(c1)-c1ccc(s1)C(=O)OCCOCCOCCOCCOC(=O)c1ccc-2s1. The van der Waals surface area contributed by atoms with Gasteiger partial charge in [-0.25, -0.2) is 14.6 Å². The van der Waals surface area contributed by atoms with E-state index >= 15 is 0 Å². The summed E-state index contributed by atoms with van der Waals surface area (Å²) < 4.78 is 26.9. The number of cyclic esters (lactones) is 2. The highest BCUT2D eigenvalue weighted by Gasteiger charge is 2.16. The van der Waals surface area contributed by atoms with Gasteiger partial charge < -0.3 is 23.7 Å². The topological polar surface area (TPSA) is 93.2 Å². The second-order valence-electron chi connectivity index (χ2n) is 7.21. The Labute approximate surface area is 215 Å². The molecule has 0 fully saturated rings. The summed E-state index contributed by atoms with van der Waals surface area (Å²) in [6, 6.07) is 11.2. The van der Waals surface area contributed by atoms with E-state index in [-0.39, 0.29) is 13.2 Å². The zero-order valence-electron chi connectivity index (χ0n) is 19.2. The zero-order chi connectivity index (χ0) is 24.5. The lowest BCUT2D eigenvalue weighted by molar-refractivity contribution is -0.00659. The summed E-state index contributed by atoms with van der Waals surface area (Å²) in [4.78, 5) is 33.4. The van der Waals surface area contributed by atoms with E-state index in [0.29, 0.717) is 49.4 Å². The van der Waals surface area contributed by atoms with Crippen LogP contribution in [0.1, 0.15) is 19.3 Å². The molecule has 0 spiro atoms. The minimum Gasteiger partial charge on any atom is -0.459 e. The van der Waals surface area contributed by atoms with Crippen molar-refractivity contribution in [2.24, 2.45) is 0 Å². The molecule has 0 aliphatic carbocycles. The molecule has 35 heavy (non-hydrogen) atoms. The molecule has 186 valence electrons. The summed E-state index contributed by atoms with van der Waals surface area (Å²) in [6.07, 6.45) is 1.99. The summed E-state index contributed by atoms with van der Waals surface area (Å²) >= 11 is 4.26. The highest BCUT2D eigenvalue weighted by atomic mass is 32.2. The summed E-state index contributed by atoms with van der Waals surface area (Å²) in [7, 11) is 0. The number of fused-ring (bicyclic) bond motifs is 8. The van der Waals surface area contributed by atoms with Crippen LogP contribution in [0, 0.1) is 0 Å². The van der Waals surface area contributed by atoms with Gasteiger partial charge in [0.25, 0.3) is 0 Å². The smallest absolute Gasteiger partial charge is 0.348 e. The molecule has 0 radical (unpaired) electrons. The molecule has 11 heteroatoms. The first-order chi connectivity index (χ1) is 17.1. The molecule has 0 atom stereocenters. The van der Waals surface area contributed by atoms with Crippen LogP contribution in [0.3, 0.4) is 0 Å². The van der Waals surface area contributed by atoms with Crippen molar-refractivity contribution in [2.75, 3.05) is 59.1 Å². The van der Waals surface area contributed by atoms with Gasteiger partial charge in [-0.15, -0.1) is 34.4 Å². The lowest BCUT2D eigenvalue weighted by Crippen LogP contribution is -2.15. The van der Waals surface area contributed by atoms with E-state index in [0.717, 1.165) is 26.0 Å². The molecule has 0 unspecified atom stereocenters. The minimum absolute atomic E-state index is 0.166. The third-order valence-corrected chi connectivity index (χ3v) is 7.70. The summed E-state index contributed by atoms with van der Waals surface area (Å²) in [5.74, 6) is -0.786. The average molecular weight is 536 g/mol. The van der Waals surface area contributed by atoms with Crippen LogP contribution in [0.2, 0.25) is 0 Å². The predicted molar refractivity (Wildman–Crippen MR) is 136 cm³/mol. The number of aromatic nitrogens is 1. The van der Waals surface area contributed by atoms with Crippen LogP contribution in [-0.4, -0.2) is 76.0 Å². The van der Waals surface area contributed by atoms with E-state index < -0.39 is 11.9 Å². The van der Waals surface area contributed by atoms with Crippen LogP contribution in [0.25, 0.3) is 21.1 Å². The third kappa shape index (κ3) is 7.35. The number of carbonyl (C=O) groups excluding carboxylic acids is 2. The number of rotatable bonds is 1. The minimum atomic E-state index is -0.393. The predicted octanol–water partition coefficient (Wildman–Crippen LogP) is 4.64. The molecule has 0 amide bonds. The van der Waals surface area contributed by atoms with E-state index in [4.69, 9.17) is 28.7 Å². The van der Waals surface area contributed by atoms with Crippen molar-refractivity contribution in [3.63, 3.8) is 0 Å². The van der Waals surface area contributed by atoms with Gasteiger partial charge >= 0.3 is 11.9 Å². The second kappa shape index (κ2) is 13.1. The molecule has 0 aromatic carbocycles. The van der Waals surface area contributed by atoms with Gasteiger partial charge in [0.1, 0.15) is 23.0 Å². The largest absolute Gasteiger partial charge is 0.459 e. The van der Waals surface area contributed by atoms with Crippen LogP contribution in [-0.2, 0) is 23.7 Å². The van der Waals surface area contributed by atoms with E-state index in [1.165, 1.54) is 22.7 Å². The number of carbonyl (C=O) groups is 2. The van der Waals surface area contributed by atoms with Gasteiger partial charge in [0.15, 0.2) is 0 Å². The Bertz CT molecular complexity index is 1060. The van der Waals surface area contributed by atoms with Crippen molar-refractivity contribution in [3.05, 3.63) is 46.2 Å². The monoisotopic (exact) mass is 535 g/mol. The Kier molecular flexibility index (Phi) is 9.69. The van der Waals surface area contributed by atoms with Gasteiger partial charge in [-0.2, -0.15) is 0 Å². The molecular formula is C24H25NO7S3. The van der Waals surface area contributed by atoms with Crippen molar-refractivity contribution >= 4 is 46.4 Å². The quantitative estimate of drug-likeness (QED) is 0.326. The molecule has 1 aliphatic rings. The molecular weight excluding hydrogens is 510 g/mol. The Morgan fingerprint density at radius 3 is 1.49 bits per heavy atom. The maximum absolute atomic E-state index is 12.4. The number of hydrogen-bond donors (Lipinski definition) is 0. The van der Waals surface area contributed by atoms with Crippen molar-refractivity contribution in [1.29, 1.82) is 0 Å². The van der Waals surface area contributed by atoms with Crippen LogP contribution >= 0.6 is 34.4 Å². The number of thiophene rings is 2. The van der Waals surface area contributed by atoms with Crippen LogP contribution in [0.4, 0.5) is 0 Å². The Balaban J connectivity index is 1.55. The highest BCUT2D eigenvalue weighted by Crippen LogP contribution is 2.35. The van der Waals surface area contributed by atoms with E-state index in [1.807, 2.05) is 30.5 Å². The Hall–Kier alpha value is -2.28. The Morgan fingerprint density at radius 2 is 1.06 bits per heavy atom. The van der Waals surface area contributed by atoms with Gasteiger partial charge in [0.05, 0.1) is 60.8 Å². The standard InChI is InChI=1S/C24H25NO7S3/c1-33-16-14-17-19-2-4-21(34-19)23(26)31-12-10-29-8-6-28-7-9-30-11-13-32-24(27)22-5-3-20(35-22)18(15-16)25-17/h2-5,14-15H,6-13H2,1H3. The molecule has 4 rings (SSSR count). The number of nitrogens with zero attached hydrogens (tertiary/aromatic N) is 1. The first-order valence-electron chi connectivity index (χ1n) is 11.0. The van der Waals surface area contributed by atoms with Crippen molar-refractivity contribution < 1.29 is 33.3 Å². The summed E-state index contributed by atoms with van der Waals surface area (Å²) in [6.45, 7) is 2.51. The van der Waals surface area contributed by atoms with Crippen LogP contribution in [0.5, 0.6) is 0 Å². The van der Waals surface area contributed by atoms with Crippen molar-refractivity contribution in [3.8, 4) is 21.1 Å². The number of thioether (sulfide) groups is 1. The highest BCUT2D eigenvalue weighted by molar-refractivity contribution is 7.98. The fourth-order valence-corrected chi connectivity index (χ4v) is 5.30. The molecule has 1 aliphatic heterocycles. The molecule has 3 aromatic rings. The average Bonchev–Trinajstić information content (AvgIpc) is 3.56. The number of hydrogen-bond acceptors (Lipinski definition) is 11. The van der Waals surface area contributed by atoms with Crippen LogP contribution < -0.4 is 0 Å². The lowest BCUT2D eigenvalue weighted by Gasteiger charge is -2.08. The van der Waals surface area contributed by atoms with Gasteiger partial charge in [-0.05, 0) is 42.7 Å². The third-order valence-electron chi connectivity index (χ3n) is 4.82. The Morgan fingerprint density at radius 1 is 0.657 bits per heavy atom. The lowest BCUT2D eigenvalue weighted by atomic mass is 10.2. The zero-order valence-corrected chi connectivity index (χ0v) is 21.6. The fraction of sp³-hybridized carbons (Fsp3) is 0.375. The second-order valence-corrected chi connectivity index (χ2v) is 10.3. The molecule has 0 N–H and O–H groups in total. The molecule has 8 nitrogen and oxygen atoms in total. The molecule has 0 saturated carbocycles. The summed E-state index contributed by atoms with van der Waals surface area (Å²) in [5, 5.41) is 0. The van der Waals surface area contributed by atoms with E-state index in [2.05, 4.69) is 0 Å². The molecule has 0 saturated heterocycles.